The van der Waals surface area contributed by atoms with E-state index < -0.39 is 0 Å². The van der Waals surface area contributed by atoms with E-state index in [1.807, 2.05) is 44.2 Å². The van der Waals surface area contributed by atoms with Crippen LogP contribution in [0.4, 0.5) is 0 Å². The molecule has 1 aromatic carbocycles. The molecular weight excluding hydrogens is 488 g/mol. The van der Waals surface area contributed by atoms with Crippen LogP contribution in [0.1, 0.15) is 49.0 Å². The lowest BCUT2D eigenvalue weighted by Crippen LogP contribution is -2.24. The zero-order chi connectivity index (χ0) is 26.9. The van der Waals surface area contributed by atoms with Crippen LogP contribution in [0.3, 0.4) is 0 Å². The summed E-state index contributed by atoms with van der Waals surface area (Å²) in [6.45, 7) is 12.0. The molecule has 0 amide bonds. The van der Waals surface area contributed by atoms with E-state index in [1.54, 1.807) is 37.1 Å². The summed E-state index contributed by atoms with van der Waals surface area (Å²) in [6.07, 6.45) is 3.36. The highest BCUT2D eigenvalue weighted by molar-refractivity contribution is 6.32. The van der Waals surface area contributed by atoms with E-state index in [9.17, 15) is 4.79 Å². The van der Waals surface area contributed by atoms with Gasteiger partial charge in [0.2, 0.25) is 0 Å². The number of benzene rings is 1. The van der Waals surface area contributed by atoms with Gasteiger partial charge in [0.05, 0.1) is 34.8 Å². The number of hydrogen-bond donors (Lipinski definition) is 0. The second-order valence-corrected chi connectivity index (χ2v) is 10.5. The van der Waals surface area contributed by atoms with Crippen molar-refractivity contribution in [3.8, 4) is 28.6 Å². The van der Waals surface area contributed by atoms with Gasteiger partial charge in [0, 0.05) is 29.6 Å². The quantitative estimate of drug-likeness (QED) is 0.304. The molecule has 4 rings (SSSR count). The number of aryl methyl sites for hydroxylation is 2. The second-order valence-electron chi connectivity index (χ2n) is 10.1. The van der Waals surface area contributed by atoms with Crippen LogP contribution in [0.5, 0.6) is 11.5 Å². The van der Waals surface area contributed by atoms with Crippen LogP contribution >= 0.6 is 11.6 Å². The second kappa shape index (κ2) is 10.3. The fraction of sp³-hybridized carbons (Fsp3) is 0.310. The standard InChI is InChI=1S/C29H31ClN4O3/c1-17-14-32-28(29(4,5)6)33-26(17)23-13-24(22(30)15-31-23)34-18(2)11-25(19(3)27(34)35)37-16-20-9-8-10-21(12-20)36-7/h8-15H,16H2,1-7H3. The Kier molecular flexibility index (Phi) is 7.37. The van der Waals surface area contributed by atoms with Crippen LogP contribution in [0.2, 0.25) is 5.02 Å². The fourth-order valence-electron chi connectivity index (χ4n) is 3.96. The number of ether oxygens (including phenoxy) is 2. The average molecular weight is 519 g/mol. The number of methoxy groups -OCH3 is 1. The maximum absolute atomic E-state index is 13.5. The molecule has 0 aliphatic heterocycles. The van der Waals surface area contributed by atoms with Crippen molar-refractivity contribution in [1.82, 2.24) is 19.5 Å². The monoisotopic (exact) mass is 518 g/mol. The van der Waals surface area contributed by atoms with Crippen LogP contribution in [0.25, 0.3) is 17.1 Å². The van der Waals surface area contributed by atoms with Gasteiger partial charge in [-0.1, -0.05) is 44.5 Å². The zero-order valence-electron chi connectivity index (χ0n) is 22.2. The van der Waals surface area contributed by atoms with Crippen molar-refractivity contribution in [2.75, 3.05) is 7.11 Å². The van der Waals surface area contributed by atoms with Gasteiger partial charge in [-0.15, -0.1) is 0 Å². The lowest BCUT2D eigenvalue weighted by atomic mass is 9.95. The van der Waals surface area contributed by atoms with E-state index in [4.69, 9.17) is 26.1 Å². The van der Waals surface area contributed by atoms with Gasteiger partial charge in [-0.3, -0.25) is 14.3 Å². The molecule has 0 fully saturated rings. The lowest BCUT2D eigenvalue weighted by molar-refractivity contribution is 0.301. The highest BCUT2D eigenvalue weighted by atomic mass is 35.5. The third-order valence-corrected chi connectivity index (χ3v) is 6.37. The number of nitrogens with zero attached hydrogens (tertiary/aromatic N) is 4. The number of rotatable bonds is 6. The summed E-state index contributed by atoms with van der Waals surface area (Å²) in [5.41, 5.74) is 4.42. The van der Waals surface area contributed by atoms with Gasteiger partial charge in [0.25, 0.3) is 5.56 Å². The first kappa shape index (κ1) is 26.4. The van der Waals surface area contributed by atoms with E-state index in [-0.39, 0.29) is 11.0 Å². The Hall–Kier alpha value is -3.71. The molecule has 0 N–H and O–H groups in total. The van der Waals surface area contributed by atoms with Crippen LogP contribution < -0.4 is 15.0 Å². The largest absolute Gasteiger partial charge is 0.497 e. The van der Waals surface area contributed by atoms with Crippen LogP contribution in [-0.2, 0) is 12.0 Å². The molecule has 192 valence electrons. The topological polar surface area (TPSA) is 79.1 Å². The molecule has 0 spiro atoms. The van der Waals surface area contributed by atoms with Gasteiger partial charge in [-0.05, 0) is 50.1 Å². The van der Waals surface area contributed by atoms with Gasteiger partial charge < -0.3 is 9.47 Å². The molecule has 0 saturated heterocycles. The van der Waals surface area contributed by atoms with Crippen molar-refractivity contribution in [3.63, 3.8) is 0 Å². The van der Waals surface area contributed by atoms with Crippen molar-refractivity contribution in [2.24, 2.45) is 0 Å². The van der Waals surface area contributed by atoms with Gasteiger partial charge in [0.1, 0.15) is 23.9 Å². The van der Waals surface area contributed by atoms with Crippen molar-refractivity contribution >= 4 is 11.6 Å². The minimum absolute atomic E-state index is 0.213. The van der Waals surface area contributed by atoms with Crippen molar-refractivity contribution in [3.05, 3.63) is 92.4 Å². The molecule has 0 radical (unpaired) electrons. The molecule has 3 aromatic heterocycles. The predicted molar refractivity (Wildman–Crippen MR) is 146 cm³/mol. The lowest BCUT2D eigenvalue weighted by Gasteiger charge is -2.19. The molecular formula is C29H31ClN4O3. The third kappa shape index (κ3) is 5.52. The molecule has 4 aromatic rings. The molecule has 0 aliphatic carbocycles. The SMILES string of the molecule is COc1cccc(COc2cc(C)n(-c3cc(-c4nc(C(C)(C)C)ncc4C)ncc3Cl)c(=O)c2C)c1. The Labute approximate surface area is 222 Å². The van der Waals surface area contributed by atoms with Crippen LogP contribution in [0, 0.1) is 20.8 Å². The normalized spacial score (nSPS) is 11.5. The van der Waals surface area contributed by atoms with Gasteiger partial charge >= 0.3 is 0 Å². The molecule has 7 nitrogen and oxygen atoms in total. The number of hydrogen-bond acceptors (Lipinski definition) is 6. The minimum atomic E-state index is -0.219. The molecule has 0 aliphatic rings. The fourth-order valence-corrected chi connectivity index (χ4v) is 4.15. The van der Waals surface area contributed by atoms with E-state index in [2.05, 4.69) is 30.7 Å². The third-order valence-electron chi connectivity index (χ3n) is 6.08. The summed E-state index contributed by atoms with van der Waals surface area (Å²) >= 11 is 6.57. The minimum Gasteiger partial charge on any atom is -0.497 e. The first-order valence-corrected chi connectivity index (χ1v) is 12.4. The Morgan fingerprint density at radius 1 is 1.03 bits per heavy atom. The maximum Gasteiger partial charge on any atom is 0.261 e. The molecule has 0 saturated carbocycles. The van der Waals surface area contributed by atoms with E-state index >= 15 is 0 Å². The van der Waals surface area contributed by atoms with Gasteiger partial charge in [0.15, 0.2) is 0 Å². The van der Waals surface area contributed by atoms with E-state index in [0.717, 1.165) is 16.9 Å². The molecule has 3 heterocycles. The first-order valence-electron chi connectivity index (χ1n) is 12.0. The van der Waals surface area contributed by atoms with Crippen LogP contribution in [-0.4, -0.2) is 26.6 Å². The Morgan fingerprint density at radius 3 is 2.49 bits per heavy atom. The van der Waals surface area contributed by atoms with Crippen molar-refractivity contribution < 1.29 is 9.47 Å². The molecule has 0 unspecified atom stereocenters. The van der Waals surface area contributed by atoms with Gasteiger partial charge in [-0.25, -0.2) is 9.97 Å². The van der Waals surface area contributed by atoms with Gasteiger partial charge in [-0.2, -0.15) is 0 Å². The molecule has 0 atom stereocenters. The average Bonchev–Trinajstić information content (AvgIpc) is 2.86. The van der Waals surface area contributed by atoms with Crippen molar-refractivity contribution in [2.45, 2.75) is 53.6 Å². The zero-order valence-corrected chi connectivity index (χ0v) is 23.0. The summed E-state index contributed by atoms with van der Waals surface area (Å²) in [5, 5.41) is 0.362. The van der Waals surface area contributed by atoms with E-state index in [1.165, 1.54) is 0 Å². The highest BCUT2D eigenvalue weighted by Crippen LogP contribution is 2.29. The first-order chi connectivity index (χ1) is 17.5. The Morgan fingerprint density at radius 2 is 1.78 bits per heavy atom. The Balaban J connectivity index is 1.73. The smallest absolute Gasteiger partial charge is 0.261 e. The molecule has 37 heavy (non-hydrogen) atoms. The maximum atomic E-state index is 13.5. The predicted octanol–water partition coefficient (Wildman–Crippen LogP) is 6.15. The molecule has 0 bridgehead atoms. The summed E-state index contributed by atoms with van der Waals surface area (Å²) < 4.78 is 12.9. The summed E-state index contributed by atoms with van der Waals surface area (Å²) in [7, 11) is 1.62. The number of pyridine rings is 2. The van der Waals surface area contributed by atoms with Crippen molar-refractivity contribution in [1.29, 1.82) is 0 Å². The highest BCUT2D eigenvalue weighted by Gasteiger charge is 2.21. The van der Waals surface area contributed by atoms with Crippen LogP contribution in [0.15, 0.2) is 53.6 Å². The summed E-state index contributed by atoms with van der Waals surface area (Å²) in [6, 6.07) is 11.3. The number of aromatic nitrogens is 4. The number of halogens is 1. The molecule has 8 heteroatoms. The summed E-state index contributed by atoms with van der Waals surface area (Å²) in [5.74, 6) is 1.99. The van der Waals surface area contributed by atoms with E-state index in [0.29, 0.717) is 51.5 Å². The summed E-state index contributed by atoms with van der Waals surface area (Å²) in [4.78, 5) is 27.3. The Bertz CT molecular complexity index is 1520.